The van der Waals surface area contributed by atoms with Gasteiger partial charge in [-0.25, -0.2) is 4.68 Å². The third-order valence-electron chi connectivity index (χ3n) is 3.11. The third kappa shape index (κ3) is 3.07. The fourth-order valence-electron chi connectivity index (χ4n) is 1.98. The Kier molecular flexibility index (Phi) is 4.08. The van der Waals surface area contributed by atoms with Crippen LogP contribution >= 0.6 is 12.6 Å². The summed E-state index contributed by atoms with van der Waals surface area (Å²) >= 11 is 4.19. The Morgan fingerprint density at radius 2 is 1.74 bits per heavy atom. The molecule has 0 saturated carbocycles. The first-order chi connectivity index (χ1) is 11.2. The minimum atomic E-state index is -0.428. The molecule has 0 saturated heterocycles. The summed E-state index contributed by atoms with van der Waals surface area (Å²) < 4.78 is 1.27. The van der Waals surface area contributed by atoms with Gasteiger partial charge in [0.05, 0.1) is 11.4 Å². The van der Waals surface area contributed by atoms with Crippen LogP contribution in [0.2, 0.25) is 0 Å². The van der Waals surface area contributed by atoms with Crippen LogP contribution in [-0.4, -0.2) is 9.78 Å². The van der Waals surface area contributed by atoms with E-state index in [0.29, 0.717) is 11.4 Å². The summed E-state index contributed by atoms with van der Waals surface area (Å²) in [4.78, 5) is 13.2. The van der Waals surface area contributed by atoms with Gasteiger partial charge in [0.25, 0.3) is 5.56 Å². The van der Waals surface area contributed by atoms with Crippen LogP contribution in [0.25, 0.3) is 5.69 Å². The Labute approximate surface area is 137 Å². The standard InChI is InChI=1S/C16H11N5OS/c17-10-14-15(19-18-11-6-8-13(23)9-7-11)16(22)21(20-14)12-4-2-1-3-5-12/h1-9,20,23H. The van der Waals surface area contributed by atoms with Crippen LogP contribution in [0.4, 0.5) is 11.4 Å². The van der Waals surface area contributed by atoms with Gasteiger partial charge in [-0.1, -0.05) is 18.2 Å². The van der Waals surface area contributed by atoms with Crippen molar-refractivity contribution in [3.05, 3.63) is 70.6 Å². The van der Waals surface area contributed by atoms with E-state index >= 15 is 0 Å². The molecule has 1 aromatic heterocycles. The van der Waals surface area contributed by atoms with Crippen molar-refractivity contribution < 1.29 is 0 Å². The maximum absolute atomic E-state index is 12.4. The largest absolute Gasteiger partial charge is 0.300 e. The summed E-state index contributed by atoms with van der Waals surface area (Å²) in [5.41, 5.74) is 0.801. The SMILES string of the molecule is N#Cc1[nH]n(-c2ccccc2)c(=O)c1N=Nc1ccc(S)cc1. The van der Waals surface area contributed by atoms with Crippen molar-refractivity contribution >= 4 is 24.0 Å². The van der Waals surface area contributed by atoms with Crippen LogP contribution in [0.5, 0.6) is 0 Å². The highest BCUT2D eigenvalue weighted by atomic mass is 32.1. The zero-order valence-electron chi connectivity index (χ0n) is 11.8. The second-order valence-electron chi connectivity index (χ2n) is 4.64. The summed E-state index contributed by atoms with van der Waals surface area (Å²) in [6.07, 6.45) is 0. The molecule has 1 heterocycles. The fraction of sp³-hybridized carbons (Fsp3) is 0. The molecule has 0 unspecified atom stereocenters. The summed E-state index contributed by atoms with van der Waals surface area (Å²) in [6.45, 7) is 0. The van der Waals surface area contributed by atoms with E-state index < -0.39 is 5.56 Å². The van der Waals surface area contributed by atoms with Gasteiger partial charge in [0.1, 0.15) is 6.07 Å². The molecule has 3 aromatic rings. The highest BCUT2D eigenvalue weighted by molar-refractivity contribution is 7.80. The maximum atomic E-state index is 12.4. The lowest BCUT2D eigenvalue weighted by atomic mass is 10.3. The Morgan fingerprint density at radius 1 is 1.04 bits per heavy atom. The van der Waals surface area contributed by atoms with Gasteiger partial charge in [-0.15, -0.1) is 17.7 Å². The molecule has 0 amide bonds. The number of azo groups is 1. The lowest BCUT2D eigenvalue weighted by Crippen LogP contribution is -2.13. The quantitative estimate of drug-likeness (QED) is 0.568. The summed E-state index contributed by atoms with van der Waals surface area (Å²) in [5.74, 6) is 0. The van der Waals surface area contributed by atoms with Crippen LogP contribution in [0.15, 0.2) is 74.5 Å². The molecule has 1 N–H and O–H groups in total. The molecule has 7 heteroatoms. The molecule has 0 atom stereocenters. The number of rotatable bonds is 3. The number of benzene rings is 2. The number of hydrogen-bond acceptors (Lipinski definition) is 5. The van der Waals surface area contributed by atoms with Crippen molar-refractivity contribution in [3.63, 3.8) is 0 Å². The molecule has 0 aliphatic rings. The van der Waals surface area contributed by atoms with E-state index in [4.69, 9.17) is 0 Å². The van der Waals surface area contributed by atoms with Crippen molar-refractivity contribution in [2.45, 2.75) is 4.90 Å². The van der Waals surface area contributed by atoms with Gasteiger partial charge in [0, 0.05) is 4.90 Å². The van der Waals surface area contributed by atoms with E-state index in [2.05, 4.69) is 28.0 Å². The van der Waals surface area contributed by atoms with Gasteiger partial charge >= 0.3 is 0 Å². The third-order valence-corrected chi connectivity index (χ3v) is 3.41. The predicted octanol–water partition coefficient (Wildman–Crippen LogP) is 3.74. The Balaban J connectivity index is 2.03. The molecule has 0 spiro atoms. The molecule has 0 bridgehead atoms. The van der Waals surface area contributed by atoms with Gasteiger partial charge < -0.3 is 0 Å². The Hall–Kier alpha value is -3.11. The number of nitrogens with one attached hydrogen (secondary N) is 1. The molecule has 0 fully saturated rings. The first kappa shape index (κ1) is 14.8. The first-order valence-corrected chi connectivity index (χ1v) is 7.15. The van der Waals surface area contributed by atoms with E-state index in [1.165, 1.54) is 4.68 Å². The molecule has 6 nitrogen and oxygen atoms in total. The molecule has 0 radical (unpaired) electrons. The smallest absolute Gasteiger partial charge is 0.279 e. The number of nitriles is 1. The molecule has 0 aliphatic carbocycles. The number of thiol groups is 1. The highest BCUT2D eigenvalue weighted by Crippen LogP contribution is 2.20. The minimum Gasteiger partial charge on any atom is -0.279 e. The highest BCUT2D eigenvalue weighted by Gasteiger charge is 2.14. The van der Waals surface area contributed by atoms with Gasteiger partial charge in [-0.05, 0) is 36.4 Å². The van der Waals surface area contributed by atoms with Gasteiger partial charge in [0.2, 0.25) is 0 Å². The minimum absolute atomic E-state index is 0.0219. The molecule has 112 valence electrons. The topological polar surface area (TPSA) is 86.3 Å². The van der Waals surface area contributed by atoms with Crippen LogP contribution in [0.1, 0.15) is 5.69 Å². The van der Waals surface area contributed by atoms with E-state index in [9.17, 15) is 10.1 Å². The Bertz CT molecular complexity index is 949. The average Bonchev–Trinajstić information content (AvgIpc) is 2.91. The first-order valence-electron chi connectivity index (χ1n) is 6.70. The predicted molar refractivity (Wildman–Crippen MR) is 89.0 cm³/mol. The van der Waals surface area contributed by atoms with Crippen molar-refractivity contribution in [1.82, 2.24) is 9.78 Å². The number of aromatic nitrogens is 2. The van der Waals surface area contributed by atoms with Crippen molar-refractivity contribution in [2.24, 2.45) is 10.2 Å². The number of nitrogens with zero attached hydrogens (tertiary/aromatic N) is 4. The molecule has 23 heavy (non-hydrogen) atoms. The lowest BCUT2D eigenvalue weighted by Gasteiger charge is -1.98. The monoisotopic (exact) mass is 321 g/mol. The normalized spacial score (nSPS) is 10.8. The van der Waals surface area contributed by atoms with Crippen molar-refractivity contribution in [3.8, 4) is 11.8 Å². The average molecular weight is 321 g/mol. The van der Waals surface area contributed by atoms with E-state index in [1.54, 1.807) is 48.5 Å². The molecule has 0 aliphatic heterocycles. The van der Waals surface area contributed by atoms with E-state index in [1.807, 2.05) is 12.1 Å². The second kappa shape index (κ2) is 6.34. The second-order valence-corrected chi connectivity index (χ2v) is 5.16. The molecule has 3 rings (SSSR count). The summed E-state index contributed by atoms with van der Waals surface area (Å²) in [6, 6.07) is 17.9. The van der Waals surface area contributed by atoms with Crippen molar-refractivity contribution in [1.29, 1.82) is 5.26 Å². The fourth-order valence-corrected chi connectivity index (χ4v) is 2.13. The van der Waals surface area contributed by atoms with Crippen LogP contribution in [0.3, 0.4) is 0 Å². The molecule has 2 aromatic carbocycles. The van der Waals surface area contributed by atoms with Crippen LogP contribution < -0.4 is 5.56 Å². The zero-order valence-corrected chi connectivity index (χ0v) is 12.7. The van der Waals surface area contributed by atoms with Gasteiger partial charge in [0.15, 0.2) is 11.4 Å². The van der Waals surface area contributed by atoms with Gasteiger partial charge in [-0.2, -0.15) is 10.4 Å². The summed E-state index contributed by atoms with van der Waals surface area (Å²) in [7, 11) is 0. The molecular formula is C16H11N5OS. The Morgan fingerprint density at radius 3 is 2.39 bits per heavy atom. The zero-order chi connectivity index (χ0) is 16.2. The number of H-pyrrole nitrogens is 1. The summed E-state index contributed by atoms with van der Waals surface area (Å²) in [5, 5.41) is 19.9. The maximum Gasteiger partial charge on any atom is 0.300 e. The van der Waals surface area contributed by atoms with Gasteiger partial charge in [-0.3, -0.25) is 9.89 Å². The van der Waals surface area contributed by atoms with E-state index in [0.717, 1.165) is 4.90 Å². The van der Waals surface area contributed by atoms with Crippen LogP contribution in [0, 0.1) is 11.3 Å². The number of aromatic amines is 1. The molecular weight excluding hydrogens is 310 g/mol. The number of para-hydroxylation sites is 1. The van der Waals surface area contributed by atoms with Crippen LogP contribution in [-0.2, 0) is 0 Å². The van der Waals surface area contributed by atoms with E-state index in [-0.39, 0.29) is 11.4 Å². The van der Waals surface area contributed by atoms with Crippen molar-refractivity contribution in [2.75, 3.05) is 0 Å². The lowest BCUT2D eigenvalue weighted by molar-refractivity contribution is 0.843. The number of hydrogen-bond donors (Lipinski definition) is 2.